The number of hydrogen-bond donors (Lipinski definition) is 1. The number of carbonyl (C=O) groups is 1. The van der Waals surface area contributed by atoms with Gasteiger partial charge in [-0.05, 0) is 37.8 Å². The number of nitro benzene ring substituents is 1. The van der Waals surface area contributed by atoms with Crippen molar-refractivity contribution in [3.05, 3.63) is 40.1 Å². The molecule has 1 aromatic heterocycles. The van der Waals surface area contributed by atoms with E-state index in [0.29, 0.717) is 23.1 Å². The number of non-ortho nitro benzene ring substituents is 1. The molecule has 7 nitrogen and oxygen atoms in total. The molecular weight excluding hydrogens is 310 g/mol. The minimum absolute atomic E-state index is 0.00872. The summed E-state index contributed by atoms with van der Waals surface area (Å²) in [5, 5.41) is 15.0. The third-order valence-electron chi connectivity index (χ3n) is 5.24. The van der Waals surface area contributed by atoms with Gasteiger partial charge in [-0.25, -0.2) is 0 Å². The monoisotopic (exact) mass is 329 g/mol. The van der Waals surface area contributed by atoms with Gasteiger partial charge in [0.2, 0.25) is 0 Å². The van der Waals surface area contributed by atoms with Gasteiger partial charge in [0, 0.05) is 42.7 Å². The standard InChI is InChI=1S/C17H19N3O4/c1-19(14-8-11-2-3-12(9-14)18-11)17(21)16-7-10-6-13(20(22)23)4-5-15(10)24-16/h4-7,11-12,14,18H,2-3,8-9H2,1H3. The molecule has 0 radical (unpaired) electrons. The van der Waals surface area contributed by atoms with E-state index in [4.69, 9.17) is 4.42 Å². The number of nitrogens with zero attached hydrogens (tertiary/aromatic N) is 2. The highest BCUT2D eigenvalue weighted by Gasteiger charge is 2.37. The van der Waals surface area contributed by atoms with Gasteiger partial charge in [0.1, 0.15) is 5.58 Å². The summed E-state index contributed by atoms with van der Waals surface area (Å²) in [4.78, 5) is 24.9. The molecule has 0 aliphatic carbocycles. The molecule has 4 rings (SSSR count). The maximum atomic E-state index is 12.7. The first-order valence-corrected chi connectivity index (χ1v) is 8.22. The van der Waals surface area contributed by atoms with Gasteiger partial charge in [-0.2, -0.15) is 0 Å². The quantitative estimate of drug-likeness (QED) is 0.691. The van der Waals surface area contributed by atoms with Gasteiger partial charge < -0.3 is 14.6 Å². The first kappa shape index (κ1) is 15.1. The average Bonchev–Trinajstić information content (AvgIpc) is 3.15. The predicted octanol–water partition coefficient (Wildman–Crippen LogP) is 2.70. The van der Waals surface area contributed by atoms with E-state index in [1.54, 1.807) is 11.0 Å². The van der Waals surface area contributed by atoms with E-state index in [2.05, 4.69) is 5.32 Å². The molecule has 1 N–H and O–H groups in total. The molecule has 2 aliphatic rings. The fraction of sp³-hybridized carbons (Fsp3) is 0.471. The van der Waals surface area contributed by atoms with E-state index in [1.165, 1.54) is 31.0 Å². The Balaban J connectivity index is 1.57. The van der Waals surface area contributed by atoms with E-state index >= 15 is 0 Å². The molecule has 2 fully saturated rings. The van der Waals surface area contributed by atoms with Crippen molar-refractivity contribution in [2.24, 2.45) is 0 Å². The molecule has 0 spiro atoms. The molecule has 24 heavy (non-hydrogen) atoms. The Morgan fingerprint density at radius 3 is 2.67 bits per heavy atom. The number of carbonyl (C=O) groups excluding carboxylic acids is 1. The third kappa shape index (κ3) is 2.54. The lowest BCUT2D eigenvalue weighted by molar-refractivity contribution is -0.384. The van der Waals surface area contributed by atoms with Crippen LogP contribution in [0.25, 0.3) is 11.0 Å². The fourth-order valence-corrected chi connectivity index (χ4v) is 3.93. The maximum absolute atomic E-state index is 12.7. The second-order valence-electron chi connectivity index (χ2n) is 6.77. The lowest BCUT2D eigenvalue weighted by Gasteiger charge is -2.35. The van der Waals surface area contributed by atoms with Gasteiger partial charge in [0.05, 0.1) is 4.92 Å². The Morgan fingerprint density at radius 2 is 2.00 bits per heavy atom. The van der Waals surface area contributed by atoms with Gasteiger partial charge in [-0.3, -0.25) is 14.9 Å². The lowest BCUT2D eigenvalue weighted by atomic mass is 9.98. The van der Waals surface area contributed by atoms with Crippen LogP contribution in [0.5, 0.6) is 0 Å². The van der Waals surface area contributed by atoms with Gasteiger partial charge in [0.15, 0.2) is 5.76 Å². The fourth-order valence-electron chi connectivity index (χ4n) is 3.93. The van der Waals surface area contributed by atoms with E-state index < -0.39 is 4.92 Å². The molecule has 1 aromatic carbocycles. The molecule has 2 aromatic rings. The zero-order valence-corrected chi connectivity index (χ0v) is 13.4. The Hall–Kier alpha value is -2.41. The van der Waals surface area contributed by atoms with Crippen molar-refractivity contribution in [3.8, 4) is 0 Å². The van der Waals surface area contributed by atoms with Crippen LogP contribution in [0, 0.1) is 10.1 Å². The third-order valence-corrected chi connectivity index (χ3v) is 5.24. The van der Waals surface area contributed by atoms with Crippen molar-refractivity contribution in [1.82, 2.24) is 10.2 Å². The van der Waals surface area contributed by atoms with Crippen molar-refractivity contribution in [2.75, 3.05) is 7.05 Å². The van der Waals surface area contributed by atoms with Crippen molar-refractivity contribution >= 4 is 22.6 Å². The highest BCUT2D eigenvalue weighted by molar-refractivity contribution is 5.96. The van der Waals surface area contributed by atoms with E-state index in [9.17, 15) is 14.9 Å². The Kier molecular flexibility index (Phi) is 3.53. The molecule has 2 unspecified atom stereocenters. The van der Waals surface area contributed by atoms with Crippen LogP contribution in [0.3, 0.4) is 0 Å². The van der Waals surface area contributed by atoms with Crippen LogP contribution in [0.1, 0.15) is 36.2 Å². The number of hydrogen-bond acceptors (Lipinski definition) is 5. The van der Waals surface area contributed by atoms with Gasteiger partial charge >= 0.3 is 0 Å². The normalized spacial score (nSPS) is 25.8. The average molecular weight is 329 g/mol. The summed E-state index contributed by atoms with van der Waals surface area (Å²) in [6.45, 7) is 0. The summed E-state index contributed by atoms with van der Waals surface area (Å²) in [7, 11) is 1.81. The number of piperidine rings is 1. The number of fused-ring (bicyclic) bond motifs is 3. The second kappa shape index (κ2) is 5.59. The minimum Gasteiger partial charge on any atom is -0.451 e. The number of nitro groups is 1. The van der Waals surface area contributed by atoms with Crippen molar-refractivity contribution in [3.63, 3.8) is 0 Å². The Labute approximate surface area is 138 Å². The summed E-state index contributed by atoms with van der Waals surface area (Å²) in [6, 6.07) is 7.16. The van der Waals surface area contributed by atoms with Crippen LogP contribution in [0.2, 0.25) is 0 Å². The first-order valence-electron chi connectivity index (χ1n) is 8.22. The minimum atomic E-state index is -0.454. The number of amides is 1. The zero-order valence-electron chi connectivity index (χ0n) is 13.4. The molecular formula is C17H19N3O4. The van der Waals surface area contributed by atoms with Crippen LogP contribution in [-0.2, 0) is 0 Å². The lowest BCUT2D eigenvalue weighted by Crippen LogP contribution is -2.48. The van der Waals surface area contributed by atoms with Crippen LogP contribution >= 0.6 is 0 Å². The smallest absolute Gasteiger partial charge is 0.289 e. The van der Waals surface area contributed by atoms with Crippen LogP contribution in [0.15, 0.2) is 28.7 Å². The SMILES string of the molecule is CN(C(=O)c1cc2cc([N+](=O)[O-])ccc2o1)C1CC2CCC(C1)N2. The van der Waals surface area contributed by atoms with Crippen LogP contribution in [-0.4, -0.2) is 40.9 Å². The zero-order chi connectivity index (χ0) is 16.8. The van der Waals surface area contributed by atoms with E-state index in [0.717, 1.165) is 12.8 Å². The molecule has 2 bridgehead atoms. The number of furan rings is 1. The van der Waals surface area contributed by atoms with E-state index in [-0.39, 0.29) is 23.4 Å². The summed E-state index contributed by atoms with van der Waals surface area (Å²) in [5.74, 6) is 0.0685. The summed E-state index contributed by atoms with van der Waals surface area (Å²) < 4.78 is 5.62. The molecule has 2 aliphatic heterocycles. The second-order valence-corrected chi connectivity index (χ2v) is 6.77. The molecule has 126 valence electrons. The topological polar surface area (TPSA) is 88.6 Å². The number of benzene rings is 1. The van der Waals surface area contributed by atoms with Gasteiger partial charge in [-0.15, -0.1) is 0 Å². The molecule has 3 heterocycles. The Morgan fingerprint density at radius 1 is 1.29 bits per heavy atom. The highest BCUT2D eigenvalue weighted by atomic mass is 16.6. The van der Waals surface area contributed by atoms with Crippen LogP contribution < -0.4 is 5.32 Å². The first-order chi connectivity index (χ1) is 11.5. The van der Waals surface area contributed by atoms with Crippen molar-refractivity contribution in [2.45, 2.75) is 43.8 Å². The predicted molar refractivity (Wildman–Crippen MR) is 87.9 cm³/mol. The maximum Gasteiger partial charge on any atom is 0.289 e. The summed E-state index contributed by atoms with van der Waals surface area (Å²) >= 11 is 0. The van der Waals surface area contributed by atoms with E-state index in [1.807, 2.05) is 7.05 Å². The molecule has 7 heteroatoms. The molecule has 2 saturated heterocycles. The van der Waals surface area contributed by atoms with Crippen molar-refractivity contribution < 1.29 is 14.1 Å². The number of nitrogens with one attached hydrogen (secondary N) is 1. The van der Waals surface area contributed by atoms with Gasteiger partial charge in [0.25, 0.3) is 11.6 Å². The molecule has 1 amide bonds. The molecule has 0 saturated carbocycles. The Bertz CT molecular complexity index is 803. The highest BCUT2D eigenvalue weighted by Crippen LogP contribution is 2.31. The van der Waals surface area contributed by atoms with Gasteiger partial charge in [-0.1, -0.05) is 0 Å². The van der Waals surface area contributed by atoms with Crippen LogP contribution in [0.4, 0.5) is 5.69 Å². The largest absolute Gasteiger partial charge is 0.451 e. The summed E-state index contributed by atoms with van der Waals surface area (Å²) in [6.07, 6.45) is 4.28. The summed E-state index contributed by atoms with van der Waals surface area (Å²) in [5.41, 5.74) is 0.480. The molecule has 2 atom stereocenters. The number of rotatable bonds is 3. The van der Waals surface area contributed by atoms with Crippen molar-refractivity contribution in [1.29, 1.82) is 0 Å².